The van der Waals surface area contributed by atoms with E-state index in [1.807, 2.05) is 6.11 Å². The summed E-state index contributed by atoms with van der Waals surface area (Å²) in [7, 11) is -3.39. The van der Waals surface area contributed by atoms with Gasteiger partial charge in [0.15, 0.2) is 0 Å². The minimum Gasteiger partial charge on any atom is -0.444 e. The van der Waals surface area contributed by atoms with E-state index in [0.29, 0.717) is 39.6 Å². The second-order valence-electron chi connectivity index (χ2n) is 3.33. The average molecular weight is 296 g/mol. The summed E-state index contributed by atoms with van der Waals surface area (Å²) in [6.07, 6.45) is 7.90. The Balaban J connectivity index is 3.05. The largest absolute Gasteiger partial charge is 0.444 e. The number of ether oxygens (including phenoxy) is 4. The Morgan fingerprint density at radius 1 is 0.842 bits per heavy atom. The van der Waals surface area contributed by atoms with Gasteiger partial charge in [-0.2, -0.15) is 8.42 Å². The molecule has 8 heteroatoms. The highest BCUT2D eigenvalue weighted by Crippen LogP contribution is 1.87. The zero-order valence-corrected chi connectivity index (χ0v) is 11.8. The molecule has 0 N–H and O–H groups in total. The molecule has 0 aliphatic carbocycles. The minimum absolute atomic E-state index is 0.0110. The lowest BCUT2D eigenvalue weighted by atomic mass is 10.7. The molecule has 0 rings (SSSR count). The average Bonchev–Trinajstić information content (AvgIpc) is 2.34. The van der Waals surface area contributed by atoms with E-state index in [9.17, 15) is 8.42 Å². The molecular formula is C11H20O7S. The summed E-state index contributed by atoms with van der Waals surface area (Å²) in [5, 5.41) is 0. The predicted molar refractivity (Wildman–Crippen MR) is 68.0 cm³/mol. The van der Waals surface area contributed by atoms with Crippen LogP contribution in [0.1, 0.15) is 0 Å². The fourth-order valence-electron chi connectivity index (χ4n) is 0.946. The van der Waals surface area contributed by atoms with Crippen LogP contribution in [0.4, 0.5) is 0 Å². The third kappa shape index (κ3) is 17.1. The van der Waals surface area contributed by atoms with Crippen LogP contribution in [-0.2, 0) is 33.2 Å². The van der Waals surface area contributed by atoms with Crippen LogP contribution in [0.25, 0.3) is 0 Å². The summed E-state index contributed by atoms with van der Waals surface area (Å²) >= 11 is 0. The molecular weight excluding hydrogens is 276 g/mol. The zero-order chi connectivity index (χ0) is 14.4. The first-order valence-electron chi connectivity index (χ1n) is 5.71. The highest BCUT2D eigenvalue weighted by molar-refractivity contribution is 7.85. The molecule has 0 aromatic heterocycles. The highest BCUT2D eigenvalue weighted by Gasteiger charge is 2.00. The van der Waals surface area contributed by atoms with Crippen LogP contribution in [0, 0.1) is 12.5 Å². The lowest BCUT2D eigenvalue weighted by molar-refractivity contribution is 0.00388. The van der Waals surface area contributed by atoms with Crippen LogP contribution in [-0.4, -0.2) is 67.5 Å². The Labute approximate surface area is 114 Å². The molecule has 0 aromatic rings. The van der Waals surface area contributed by atoms with E-state index >= 15 is 0 Å². The first-order chi connectivity index (χ1) is 9.06. The van der Waals surface area contributed by atoms with Crippen molar-refractivity contribution in [2.45, 2.75) is 0 Å². The molecule has 0 aliphatic heterocycles. The quantitative estimate of drug-likeness (QED) is 0.260. The van der Waals surface area contributed by atoms with E-state index in [-0.39, 0.29) is 13.2 Å². The molecule has 0 saturated heterocycles. The maximum absolute atomic E-state index is 10.6. The van der Waals surface area contributed by atoms with Crippen molar-refractivity contribution in [2.75, 3.05) is 59.1 Å². The van der Waals surface area contributed by atoms with Gasteiger partial charge in [-0.15, -0.1) is 0 Å². The van der Waals surface area contributed by atoms with Crippen molar-refractivity contribution < 1.29 is 31.5 Å². The molecule has 0 bridgehead atoms. The molecule has 0 atom stereocenters. The maximum Gasteiger partial charge on any atom is 0.264 e. The molecule has 0 spiro atoms. The number of hydrogen-bond acceptors (Lipinski definition) is 7. The fraction of sp³-hybridized carbons (Fsp3) is 0.818. The van der Waals surface area contributed by atoms with Gasteiger partial charge in [-0.25, -0.2) is 0 Å². The van der Waals surface area contributed by atoms with Gasteiger partial charge in [0.1, 0.15) is 12.7 Å². The zero-order valence-electron chi connectivity index (χ0n) is 11.0. The Morgan fingerprint density at radius 2 is 1.26 bits per heavy atom. The third-order valence-electron chi connectivity index (χ3n) is 1.68. The Bertz CT molecular complexity index is 333. The number of rotatable bonds is 13. The van der Waals surface area contributed by atoms with E-state index in [1.165, 1.54) is 0 Å². The summed E-state index contributed by atoms with van der Waals surface area (Å²) in [4.78, 5) is 0. The highest BCUT2D eigenvalue weighted by atomic mass is 32.2. The molecule has 0 radical (unpaired) electrons. The second kappa shape index (κ2) is 12.2. The van der Waals surface area contributed by atoms with Crippen molar-refractivity contribution in [3.05, 3.63) is 0 Å². The first kappa shape index (κ1) is 18.1. The summed E-state index contributed by atoms with van der Waals surface area (Å²) in [6, 6.07) is 0. The van der Waals surface area contributed by atoms with E-state index < -0.39 is 10.1 Å². The minimum atomic E-state index is -3.39. The first-order valence-corrected chi connectivity index (χ1v) is 7.53. The van der Waals surface area contributed by atoms with Gasteiger partial charge in [0.05, 0.1) is 52.5 Å². The van der Waals surface area contributed by atoms with E-state index in [2.05, 4.69) is 8.92 Å². The lowest BCUT2D eigenvalue weighted by Gasteiger charge is -2.06. The molecule has 7 nitrogen and oxygen atoms in total. The van der Waals surface area contributed by atoms with Crippen LogP contribution < -0.4 is 0 Å². The molecule has 0 fully saturated rings. The smallest absolute Gasteiger partial charge is 0.264 e. The number of terminal acetylenes is 1. The summed E-state index contributed by atoms with van der Waals surface area (Å²) in [5.74, 6) is 0. The van der Waals surface area contributed by atoms with Crippen molar-refractivity contribution in [2.24, 2.45) is 0 Å². The fourth-order valence-corrected chi connectivity index (χ4v) is 1.32. The van der Waals surface area contributed by atoms with Crippen LogP contribution >= 0.6 is 0 Å². The van der Waals surface area contributed by atoms with Gasteiger partial charge in [0.25, 0.3) is 10.1 Å². The van der Waals surface area contributed by atoms with Crippen molar-refractivity contribution in [1.29, 1.82) is 0 Å². The SMILES string of the molecule is C#COCCOCCOCCOCCOS(C)(=O)=O. The van der Waals surface area contributed by atoms with Crippen LogP contribution in [0.5, 0.6) is 0 Å². The molecule has 0 unspecified atom stereocenters. The van der Waals surface area contributed by atoms with Gasteiger partial charge in [-0.05, 0) is 0 Å². The molecule has 0 heterocycles. The summed E-state index contributed by atoms with van der Waals surface area (Å²) < 4.78 is 45.7. The van der Waals surface area contributed by atoms with Crippen LogP contribution in [0.15, 0.2) is 0 Å². The topological polar surface area (TPSA) is 80.3 Å². The van der Waals surface area contributed by atoms with Crippen LogP contribution in [0.2, 0.25) is 0 Å². The van der Waals surface area contributed by atoms with Gasteiger partial charge in [0.2, 0.25) is 0 Å². The molecule has 19 heavy (non-hydrogen) atoms. The maximum atomic E-state index is 10.6. The summed E-state index contributed by atoms with van der Waals surface area (Å²) in [6.45, 7) is 2.67. The Kier molecular flexibility index (Phi) is 11.7. The molecule has 0 aliphatic rings. The monoisotopic (exact) mass is 296 g/mol. The predicted octanol–water partition coefficient (Wildman–Crippen LogP) is -0.380. The lowest BCUT2D eigenvalue weighted by Crippen LogP contribution is -2.14. The Morgan fingerprint density at radius 3 is 1.68 bits per heavy atom. The summed E-state index contributed by atoms with van der Waals surface area (Å²) in [5.41, 5.74) is 0. The normalized spacial score (nSPS) is 11.2. The second-order valence-corrected chi connectivity index (χ2v) is 4.97. The van der Waals surface area contributed by atoms with Gasteiger partial charge < -0.3 is 18.9 Å². The van der Waals surface area contributed by atoms with E-state index in [0.717, 1.165) is 6.26 Å². The standard InChI is InChI=1S/C11H20O7S/c1-3-14-4-5-15-6-7-16-8-9-17-10-11-18-19(2,12)13/h1H,4-11H2,2H3. The molecule has 0 saturated carbocycles. The van der Waals surface area contributed by atoms with Gasteiger partial charge in [-0.1, -0.05) is 6.42 Å². The third-order valence-corrected chi connectivity index (χ3v) is 2.28. The van der Waals surface area contributed by atoms with Crippen molar-refractivity contribution >= 4 is 10.1 Å². The number of hydrogen-bond donors (Lipinski definition) is 0. The van der Waals surface area contributed by atoms with Gasteiger partial charge >= 0.3 is 0 Å². The van der Waals surface area contributed by atoms with Crippen molar-refractivity contribution in [1.82, 2.24) is 0 Å². The van der Waals surface area contributed by atoms with Gasteiger partial charge in [0, 0.05) is 0 Å². The van der Waals surface area contributed by atoms with Crippen molar-refractivity contribution in [3.8, 4) is 12.5 Å². The Hall–Kier alpha value is -0.850. The van der Waals surface area contributed by atoms with Crippen molar-refractivity contribution in [3.63, 3.8) is 0 Å². The molecule has 112 valence electrons. The molecule has 0 amide bonds. The molecule has 0 aromatic carbocycles. The van der Waals surface area contributed by atoms with E-state index in [1.54, 1.807) is 0 Å². The van der Waals surface area contributed by atoms with E-state index in [4.69, 9.17) is 20.6 Å². The van der Waals surface area contributed by atoms with Crippen LogP contribution in [0.3, 0.4) is 0 Å². The van der Waals surface area contributed by atoms with Gasteiger partial charge in [-0.3, -0.25) is 4.18 Å².